The first kappa shape index (κ1) is 10.0. The van der Waals surface area contributed by atoms with Gasteiger partial charge in [-0.25, -0.2) is 9.29 Å². The molecule has 2 rings (SSSR count). The lowest BCUT2D eigenvalue weighted by molar-refractivity contribution is -0.120. The van der Waals surface area contributed by atoms with Crippen molar-refractivity contribution in [2.75, 3.05) is 4.90 Å². The van der Waals surface area contributed by atoms with E-state index in [0.29, 0.717) is 0 Å². The Hall–Kier alpha value is -1.49. The molecular formula is C10H5BrFNO2. The molecule has 15 heavy (non-hydrogen) atoms. The number of benzene rings is 1. The van der Waals surface area contributed by atoms with Crippen molar-refractivity contribution in [1.29, 1.82) is 0 Å². The first-order valence-corrected chi connectivity index (χ1v) is 4.90. The number of nitrogens with zero attached hydrogens (tertiary/aromatic N) is 1. The predicted molar refractivity (Wildman–Crippen MR) is 55.9 cm³/mol. The van der Waals surface area contributed by atoms with E-state index in [1.54, 1.807) is 6.07 Å². The molecule has 0 saturated carbocycles. The van der Waals surface area contributed by atoms with Gasteiger partial charge in [0.05, 0.1) is 10.2 Å². The van der Waals surface area contributed by atoms with E-state index in [4.69, 9.17) is 0 Å². The monoisotopic (exact) mass is 269 g/mol. The van der Waals surface area contributed by atoms with Gasteiger partial charge in [0.25, 0.3) is 11.8 Å². The van der Waals surface area contributed by atoms with Crippen LogP contribution in [0.1, 0.15) is 0 Å². The molecule has 5 heteroatoms. The fourth-order valence-electron chi connectivity index (χ4n) is 1.30. The zero-order valence-electron chi connectivity index (χ0n) is 7.41. The van der Waals surface area contributed by atoms with E-state index in [1.165, 1.54) is 18.2 Å². The lowest BCUT2D eigenvalue weighted by Crippen LogP contribution is -2.31. The van der Waals surface area contributed by atoms with Crippen molar-refractivity contribution in [2.45, 2.75) is 0 Å². The average Bonchev–Trinajstić information content (AvgIpc) is 2.43. The van der Waals surface area contributed by atoms with E-state index in [-0.39, 0.29) is 10.2 Å². The molecule has 0 unspecified atom stereocenters. The largest absolute Gasteiger partial charge is 0.272 e. The summed E-state index contributed by atoms with van der Waals surface area (Å²) in [4.78, 5) is 23.7. The highest BCUT2D eigenvalue weighted by atomic mass is 79.9. The van der Waals surface area contributed by atoms with Crippen molar-refractivity contribution in [1.82, 2.24) is 0 Å². The molecule has 0 N–H and O–H groups in total. The van der Waals surface area contributed by atoms with Crippen LogP contribution in [0, 0.1) is 5.82 Å². The van der Waals surface area contributed by atoms with Gasteiger partial charge < -0.3 is 0 Å². The van der Waals surface area contributed by atoms with E-state index < -0.39 is 17.6 Å². The molecule has 1 heterocycles. The van der Waals surface area contributed by atoms with Gasteiger partial charge in [-0.05, 0) is 28.1 Å². The minimum absolute atomic E-state index is 0.0294. The second-order valence-electron chi connectivity index (χ2n) is 2.92. The van der Waals surface area contributed by atoms with Gasteiger partial charge in [0, 0.05) is 6.08 Å². The second-order valence-corrected chi connectivity index (χ2v) is 3.78. The summed E-state index contributed by atoms with van der Waals surface area (Å²) in [6.07, 6.45) is 1.12. The lowest BCUT2D eigenvalue weighted by atomic mass is 10.3. The van der Waals surface area contributed by atoms with Crippen LogP contribution in [0.25, 0.3) is 0 Å². The maximum absolute atomic E-state index is 13.3. The summed E-state index contributed by atoms with van der Waals surface area (Å²) < 4.78 is 13.5. The topological polar surface area (TPSA) is 37.4 Å². The number of halogens is 2. The maximum Gasteiger partial charge on any atom is 0.272 e. The zero-order chi connectivity index (χ0) is 11.0. The van der Waals surface area contributed by atoms with Gasteiger partial charge in [-0.2, -0.15) is 0 Å². The van der Waals surface area contributed by atoms with Gasteiger partial charge in [-0.3, -0.25) is 9.59 Å². The molecule has 0 saturated heterocycles. The second kappa shape index (κ2) is 3.58. The Morgan fingerprint density at radius 3 is 2.40 bits per heavy atom. The molecule has 0 radical (unpaired) electrons. The van der Waals surface area contributed by atoms with Crippen molar-refractivity contribution in [3.63, 3.8) is 0 Å². The molecule has 2 amide bonds. The smallest absolute Gasteiger partial charge is 0.269 e. The third kappa shape index (κ3) is 1.59. The number of hydrogen-bond acceptors (Lipinski definition) is 2. The number of carbonyl (C=O) groups excluding carboxylic acids is 2. The zero-order valence-corrected chi connectivity index (χ0v) is 8.99. The molecule has 0 atom stereocenters. The number of carbonyl (C=O) groups is 2. The summed E-state index contributed by atoms with van der Waals surface area (Å²) in [5.41, 5.74) is -0.0294. The maximum atomic E-state index is 13.3. The summed E-state index contributed by atoms with van der Waals surface area (Å²) in [6, 6.07) is 5.63. The average molecular weight is 270 g/mol. The van der Waals surface area contributed by atoms with Crippen LogP contribution in [0.15, 0.2) is 34.8 Å². The molecule has 76 valence electrons. The number of imide groups is 1. The number of anilines is 1. The van der Waals surface area contributed by atoms with Crippen LogP contribution in [-0.2, 0) is 9.59 Å². The van der Waals surface area contributed by atoms with Crippen LogP contribution < -0.4 is 4.90 Å². The summed E-state index contributed by atoms with van der Waals surface area (Å²) in [6.45, 7) is 0. The number of hydrogen-bond donors (Lipinski definition) is 0. The summed E-state index contributed by atoms with van der Waals surface area (Å²) in [7, 11) is 0. The highest BCUT2D eigenvalue weighted by Crippen LogP contribution is 2.26. The molecule has 0 aliphatic carbocycles. The van der Waals surface area contributed by atoms with E-state index in [0.717, 1.165) is 11.0 Å². The Labute approximate surface area is 93.3 Å². The van der Waals surface area contributed by atoms with Gasteiger partial charge in [-0.1, -0.05) is 12.1 Å². The van der Waals surface area contributed by atoms with Crippen molar-refractivity contribution in [3.8, 4) is 0 Å². The predicted octanol–water partition coefficient (Wildman–Crippen LogP) is 1.98. The molecule has 0 bridgehead atoms. The van der Waals surface area contributed by atoms with Crippen LogP contribution in [-0.4, -0.2) is 11.8 Å². The minimum atomic E-state index is -0.602. The van der Waals surface area contributed by atoms with E-state index in [9.17, 15) is 14.0 Å². The van der Waals surface area contributed by atoms with Crippen molar-refractivity contribution < 1.29 is 14.0 Å². The van der Waals surface area contributed by atoms with Crippen molar-refractivity contribution in [3.05, 3.63) is 40.6 Å². The molecule has 1 aromatic rings. The number of para-hydroxylation sites is 1. The normalized spacial score (nSPS) is 15.9. The third-order valence-electron chi connectivity index (χ3n) is 1.97. The van der Waals surface area contributed by atoms with Gasteiger partial charge in [0.1, 0.15) is 5.82 Å². The summed E-state index contributed by atoms with van der Waals surface area (Å²) in [5, 5.41) is 0. The van der Waals surface area contributed by atoms with Gasteiger partial charge in [0.15, 0.2) is 0 Å². The van der Waals surface area contributed by atoms with E-state index in [1.807, 2.05) is 0 Å². The minimum Gasteiger partial charge on any atom is -0.269 e. The molecule has 0 spiro atoms. The van der Waals surface area contributed by atoms with Crippen LogP contribution >= 0.6 is 15.9 Å². The molecule has 3 nitrogen and oxygen atoms in total. The Morgan fingerprint density at radius 1 is 1.20 bits per heavy atom. The standard InChI is InChI=1S/C10H5BrFNO2/c11-6-5-9(14)13(10(6)15)8-4-2-1-3-7(8)12/h1-5H. The lowest BCUT2D eigenvalue weighted by Gasteiger charge is -2.14. The SMILES string of the molecule is O=C1C=C(Br)C(=O)N1c1ccccc1F. The van der Waals surface area contributed by atoms with Gasteiger partial charge in [-0.15, -0.1) is 0 Å². The Bertz CT molecular complexity index is 484. The first-order chi connectivity index (χ1) is 7.11. The quantitative estimate of drug-likeness (QED) is 0.732. The van der Waals surface area contributed by atoms with Gasteiger partial charge >= 0.3 is 0 Å². The van der Waals surface area contributed by atoms with Gasteiger partial charge in [0.2, 0.25) is 0 Å². The Kier molecular flexibility index (Phi) is 2.40. The van der Waals surface area contributed by atoms with Crippen LogP contribution in [0.5, 0.6) is 0 Å². The van der Waals surface area contributed by atoms with E-state index in [2.05, 4.69) is 15.9 Å². The van der Waals surface area contributed by atoms with Crippen LogP contribution in [0.2, 0.25) is 0 Å². The fourth-order valence-corrected chi connectivity index (χ4v) is 1.68. The molecule has 1 aromatic carbocycles. The highest BCUT2D eigenvalue weighted by Gasteiger charge is 2.32. The van der Waals surface area contributed by atoms with Crippen LogP contribution in [0.3, 0.4) is 0 Å². The van der Waals surface area contributed by atoms with Crippen molar-refractivity contribution >= 4 is 33.4 Å². The van der Waals surface area contributed by atoms with Crippen LogP contribution in [0.4, 0.5) is 10.1 Å². The molecular weight excluding hydrogens is 265 g/mol. The summed E-state index contributed by atoms with van der Waals surface area (Å²) >= 11 is 2.93. The number of amides is 2. The number of rotatable bonds is 1. The molecule has 1 aliphatic rings. The first-order valence-electron chi connectivity index (χ1n) is 4.11. The van der Waals surface area contributed by atoms with E-state index >= 15 is 0 Å². The van der Waals surface area contributed by atoms with Crippen molar-refractivity contribution in [2.24, 2.45) is 0 Å². The molecule has 0 fully saturated rings. The molecule has 1 aliphatic heterocycles. The molecule has 0 aromatic heterocycles. The Morgan fingerprint density at radius 2 is 1.87 bits per heavy atom. The summed E-state index contributed by atoms with van der Waals surface area (Å²) in [5.74, 6) is -1.70. The third-order valence-corrected chi connectivity index (χ3v) is 2.54. The highest BCUT2D eigenvalue weighted by molar-refractivity contribution is 9.12. The Balaban J connectivity index is 2.47. The fraction of sp³-hybridized carbons (Fsp3) is 0.